The molecule has 136 valence electrons. The molecule has 1 N–H and O–H groups in total. The predicted molar refractivity (Wildman–Crippen MR) is 108 cm³/mol. The van der Waals surface area contributed by atoms with Crippen LogP contribution in [0.4, 0.5) is 10.8 Å². The molecule has 0 fully saturated rings. The van der Waals surface area contributed by atoms with E-state index in [2.05, 4.69) is 44.7 Å². The maximum absolute atomic E-state index is 5.37. The van der Waals surface area contributed by atoms with Gasteiger partial charge in [0.2, 0.25) is 16.8 Å². The van der Waals surface area contributed by atoms with Gasteiger partial charge in [0.25, 0.3) is 0 Å². The summed E-state index contributed by atoms with van der Waals surface area (Å²) >= 11 is 3.03. The van der Waals surface area contributed by atoms with Crippen LogP contribution in [-0.2, 0) is 5.75 Å². The molecule has 0 spiro atoms. The van der Waals surface area contributed by atoms with Crippen molar-refractivity contribution in [2.75, 3.05) is 5.32 Å². The summed E-state index contributed by atoms with van der Waals surface area (Å²) < 4.78 is 6.22. The van der Waals surface area contributed by atoms with E-state index in [0.29, 0.717) is 17.5 Å². The number of thioether (sulfide) groups is 1. The Balaban J connectivity index is 1.38. The summed E-state index contributed by atoms with van der Waals surface area (Å²) in [7, 11) is 0. The van der Waals surface area contributed by atoms with Crippen molar-refractivity contribution < 1.29 is 4.52 Å². The molecule has 0 saturated carbocycles. The van der Waals surface area contributed by atoms with Crippen LogP contribution in [0.5, 0.6) is 0 Å². The lowest BCUT2D eigenvalue weighted by atomic mass is 10.1. The Labute approximate surface area is 165 Å². The SMILES string of the molecule is Cc1ccc(Nc2nnc(SCc3nc(-c4ccccc4C)no3)s2)cc1. The van der Waals surface area contributed by atoms with E-state index in [4.69, 9.17) is 4.52 Å². The van der Waals surface area contributed by atoms with E-state index >= 15 is 0 Å². The molecule has 8 heteroatoms. The van der Waals surface area contributed by atoms with Crippen LogP contribution in [0.25, 0.3) is 11.4 Å². The Hall–Kier alpha value is -2.71. The lowest BCUT2D eigenvalue weighted by molar-refractivity contribution is 0.391. The molecule has 2 aromatic heterocycles. The molecule has 6 nitrogen and oxygen atoms in total. The van der Waals surface area contributed by atoms with Gasteiger partial charge in [0.1, 0.15) is 0 Å². The molecule has 4 rings (SSSR count). The maximum Gasteiger partial charge on any atom is 0.237 e. The van der Waals surface area contributed by atoms with Crippen LogP contribution in [0.2, 0.25) is 0 Å². The summed E-state index contributed by atoms with van der Waals surface area (Å²) in [6.45, 7) is 4.09. The van der Waals surface area contributed by atoms with Crippen LogP contribution < -0.4 is 5.32 Å². The number of nitrogens with one attached hydrogen (secondary N) is 1. The zero-order valence-corrected chi connectivity index (χ0v) is 16.5. The van der Waals surface area contributed by atoms with Gasteiger partial charge in [-0.2, -0.15) is 4.98 Å². The van der Waals surface area contributed by atoms with Gasteiger partial charge in [-0.25, -0.2) is 0 Å². The Kier molecular flexibility index (Phi) is 5.17. The minimum absolute atomic E-state index is 0.554. The average molecular weight is 396 g/mol. The fourth-order valence-electron chi connectivity index (χ4n) is 2.45. The summed E-state index contributed by atoms with van der Waals surface area (Å²) in [5, 5.41) is 16.5. The van der Waals surface area contributed by atoms with E-state index in [0.717, 1.165) is 26.3 Å². The molecule has 0 aliphatic rings. The molecule has 0 saturated heterocycles. The summed E-state index contributed by atoms with van der Waals surface area (Å²) in [6, 6.07) is 16.1. The number of nitrogens with zero attached hydrogens (tertiary/aromatic N) is 4. The standard InChI is InChI=1S/C19H17N5OS2/c1-12-7-9-14(10-8-12)20-18-22-23-19(27-18)26-11-16-21-17(24-25-16)15-6-4-3-5-13(15)2/h3-10H,11H2,1-2H3,(H,20,22). The van der Waals surface area contributed by atoms with E-state index in [1.54, 1.807) is 0 Å². The molecule has 0 aliphatic carbocycles. The number of anilines is 2. The maximum atomic E-state index is 5.37. The third-order valence-electron chi connectivity index (χ3n) is 3.88. The van der Waals surface area contributed by atoms with Gasteiger partial charge in [-0.05, 0) is 31.5 Å². The summed E-state index contributed by atoms with van der Waals surface area (Å²) in [5.41, 5.74) is 4.32. The van der Waals surface area contributed by atoms with Crippen molar-refractivity contribution in [1.82, 2.24) is 20.3 Å². The second-order valence-electron chi connectivity index (χ2n) is 5.98. The highest BCUT2D eigenvalue weighted by atomic mass is 32.2. The predicted octanol–water partition coefficient (Wildman–Crippen LogP) is 5.24. The molecule has 0 amide bonds. The highest BCUT2D eigenvalue weighted by Gasteiger charge is 2.12. The molecule has 2 heterocycles. The van der Waals surface area contributed by atoms with Gasteiger partial charge in [-0.15, -0.1) is 10.2 Å². The minimum Gasteiger partial charge on any atom is -0.338 e. The fraction of sp³-hybridized carbons (Fsp3) is 0.158. The van der Waals surface area contributed by atoms with Crippen LogP contribution in [0.1, 0.15) is 17.0 Å². The molecule has 0 aliphatic heterocycles. The molecule has 27 heavy (non-hydrogen) atoms. The van der Waals surface area contributed by atoms with E-state index in [1.165, 1.54) is 28.7 Å². The van der Waals surface area contributed by atoms with Crippen molar-refractivity contribution in [3.05, 3.63) is 65.5 Å². The van der Waals surface area contributed by atoms with Crippen LogP contribution in [0.3, 0.4) is 0 Å². The zero-order chi connectivity index (χ0) is 18.6. The Morgan fingerprint density at radius 1 is 1.04 bits per heavy atom. The quantitative estimate of drug-likeness (QED) is 0.447. The number of aromatic nitrogens is 4. The van der Waals surface area contributed by atoms with E-state index in [-0.39, 0.29) is 0 Å². The van der Waals surface area contributed by atoms with Gasteiger partial charge >= 0.3 is 0 Å². The van der Waals surface area contributed by atoms with Crippen LogP contribution in [0, 0.1) is 13.8 Å². The number of rotatable bonds is 6. The van der Waals surface area contributed by atoms with Crippen LogP contribution in [-0.4, -0.2) is 20.3 Å². The van der Waals surface area contributed by atoms with Gasteiger partial charge in [-0.3, -0.25) is 0 Å². The lowest BCUT2D eigenvalue weighted by Crippen LogP contribution is -1.88. The van der Waals surface area contributed by atoms with Gasteiger partial charge < -0.3 is 9.84 Å². The first kappa shape index (κ1) is 17.7. The second kappa shape index (κ2) is 7.89. The van der Waals surface area contributed by atoms with Gasteiger partial charge in [0.05, 0.1) is 5.75 Å². The third-order valence-corrected chi connectivity index (χ3v) is 5.84. The molecule has 2 aromatic carbocycles. The number of hydrogen-bond donors (Lipinski definition) is 1. The minimum atomic E-state index is 0.554. The Morgan fingerprint density at radius 2 is 1.85 bits per heavy atom. The first-order valence-corrected chi connectivity index (χ1v) is 10.2. The topological polar surface area (TPSA) is 76.7 Å². The smallest absolute Gasteiger partial charge is 0.237 e. The third kappa shape index (κ3) is 4.35. The van der Waals surface area contributed by atoms with Crippen molar-refractivity contribution in [3.8, 4) is 11.4 Å². The largest absolute Gasteiger partial charge is 0.338 e. The summed E-state index contributed by atoms with van der Waals surface area (Å²) in [5.74, 6) is 1.74. The molecule has 0 radical (unpaired) electrons. The van der Waals surface area contributed by atoms with Gasteiger partial charge in [0.15, 0.2) is 4.34 Å². The van der Waals surface area contributed by atoms with E-state index < -0.39 is 0 Å². The average Bonchev–Trinajstić information content (AvgIpc) is 3.32. The molecule has 4 aromatic rings. The summed E-state index contributed by atoms with van der Waals surface area (Å²) in [6.07, 6.45) is 0. The Bertz CT molecular complexity index is 1040. The van der Waals surface area contributed by atoms with E-state index in [1.807, 2.05) is 43.3 Å². The normalized spacial score (nSPS) is 10.9. The molecule has 0 bridgehead atoms. The fourth-order valence-corrected chi connectivity index (χ4v) is 4.06. The van der Waals surface area contributed by atoms with Crippen molar-refractivity contribution in [2.24, 2.45) is 0 Å². The molecule has 0 unspecified atom stereocenters. The number of hydrogen-bond acceptors (Lipinski definition) is 8. The van der Waals surface area contributed by atoms with Crippen molar-refractivity contribution in [3.63, 3.8) is 0 Å². The summed E-state index contributed by atoms with van der Waals surface area (Å²) in [4.78, 5) is 4.48. The van der Waals surface area contributed by atoms with Crippen molar-refractivity contribution in [1.29, 1.82) is 0 Å². The highest BCUT2D eigenvalue weighted by Crippen LogP contribution is 2.30. The first-order valence-electron chi connectivity index (χ1n) is 8.36. The number of benzene rings is 2. The monoisotopic (exact) mass is 395 g/mol. The van der Waals surface area contributed by atoms with Gasteiger partial charge in [-0.1, -0.05) is 70.2 Å². The van der Waals surface area contributed by atoms with Crippen LogP contribution in [0.15, 0.2) is 57.4 Å². The molecule has 0 atom stereocenters. The lowest BCUT2D eigenvalue weighted by Gasteiger charge is -2.01. The van der Waals surface area contributed by atoms with Crippen molar-refractivity contribution in [2.45, 2.75) is 23.9 Å². The van der Waals surface area contributed by atoms with Gasteiger partial charge in [0, 0.05) is 11.3 Å². The van der Waals surface area contributed by atoms with Crippen LogP contribution >= 0.6 is 23.1 Å². The Morgan fingerprint density at radius 3 is 2.67 bits per heavy atom. The molecular formula is C19H17N5OS2. The second-order valence-corrected chi connectivity index (χ2v) is 8.18. The van der Waals surface area contributed by atoms with Crippen molar-refractivity contribution >= 4 is 33.9 Å². The van der Waals surface area contributed by atoms with E-state index in [9.17, 15) is 0 Å². The molecular weight excluding hydrogens is 378 g/mol. The number of aryl methyl sites for hydroxylation is 2. The first-order chi connectivity index (χ1) is 13.2. The zero-order valence-electron chi connectivity index (χ0n) is 14.8. The highest BCUT2D eigenvalue weighted by molar-refractivity contribution is 8.00.